The molecule has 0 fully saturated rings. The highest BCUT2D eigenvalue weighted by Gasteiger charge is 2.16. The van der Waals surface area contributed by atoms with Crippen LogP contribution in [0.25, 0.3) is 0 Å². The van der Waals surface area contributed by atoms with Crippen LogP contribution >= 0.6 is 11.6 Å². The van der Waals surface area contributed by atoms with E-state index in [1.807, 2.05) is 0 Å². The molecule has 3 amide bonds. The van der Waals surface area contributed by atoms with Crippen LogP contribution in [0.4, 0.5) is 5.69 Å². The van der Waals surface area contributed by atoms with E-state index in [2.05, 4.69) is 26.2 Å². The first-order valence-electron chi connectivity index (χ1n) is 10.8. The van der Waals surface area contributed by atoms with Crippen LogP contribution in [0.1, 0.15) is 38.7 Å². The van der Waals surface area contributed by atoms with Gasteiger partial charge in [0.2, 0.25) is 5.91 Å². The number of carbonyl (C=O) groups is 3. The molecule has 3 rings (SSSR count). The molecule has 0 aliphatic carbocycles. The van der Waals surface area contributed by atoms with Gasteiger partial charge in [0.15, 0.2) is 22.8 Å². The van der Waals surface area contributed by atoms with Gasteiger partial charge in [0.1, 0.15) is 0 Å². The maximum atomic E-state index is 12.4. The zero-order valence-corrected chi connectivity index (χ0v) is 20.0. The molecule has 0 saturated carbocycles. The Morgan fingerprint density at radius 3 is 2.30 bits per heavy atom. The lowest BCUT2D eigenvalue weighted by Gasteiger charge is -2.09. The van der Waals surface area contributed by atoms with Crippen molar-refractivity contribution in [2.45, 2.75) is 13.0 Å². The minimum atomic E-state index is -0.764. The summed E-state index contributed by atoms with van der Waals surface area (Å²) in [7, 11) is 0. The minimum Gasteiger partial charge on any atom is -0.445 e. The third kappa shape index (κ3) is 7.83. The van der Waals surface area contributed by atoms with Crippen molar-refractivity contribution < 1.29 is 18.8 Å². The standard InChI is InChI=1S/C24H22ClN7O5/c25-16-6-4-14(5-7-16)13-29-24(36)20-12-18(33)11-19(37-20)23(35)28-9-8-21(34)30-17-3-1-2-15(10-17)22(31-26)32-27/h1-7,10-12,26H,8-9,13,27H2,(H,28,35)(H,29,36)(H,30,34)/b31-26?,32-22-. The Morgan fingerprint density at radius 1 is 0.973 bits per heavy atom. The van der Waals surface area contributed by atoms with Crippen LogP contribution in [0.3, 0.4) is 0 Å². The van der Waals surface area contributed by atoms with Crippen molar-refractivity contribution in [2.24, 2.45) is 16.1 Å². The van der Waals surface area contributed by atoms with E-state index < -0.39 is 23.2 Å². The zero-order valence-electron chi connectivity index (χ0n) is 19.3. The summed E-state index contributed by atoms with van der Waals surface area (Å²) in [6.07, 6.45) is -0.0951. The third-order valence-electron chi connectivity index (χ3n) is 4.85. The van der Waals surface area contributed by atoms with E-state index in [9.17, 15) is 19.2 Å². The van der Waals surface area contributed by atoms with Crippen LogP contribution < -0.4 is 27.2 Å². The molecule has 0 atom stereocenters. The van der Waals surface area contributed by atoms with E-state index in [4.69, 9.17) is 27.4 Å². The van der Waals surface area contributed by atoms with E-state index in [0.717, 1.165) is 17.7 Å². The van der Waals surface area contributed by atoms with Gasteiger partial charge in [-0.2, -0.15) is 5.10 Å². The average molecular weight is 524 g/mol. The SMILES string of the molecule is N=N/C(=N\N)c1cccc(NC(=O)CCNC(=O)c2cc(=O)cc(C(=O)NCc3ccc(Cl)cc3)o2)c1. The average Bonchev–Trinajstić information content (AvgIpc) is 2.88. The lowest BCUT2D eigenvalue weighted by molar-refractivity contribution is -0.116. The maximum Gasteiger partial charge on any atom is 0.287 e. The molecule has 0 aliphatic rings. The first kappa shape index (κ1) is 26.8. The molecule has 12 nitrogen and oxygen atoms in total. The predicted molar refractivity (Wildman–Crippen MR) is 135 cm³/mol. The van der Waals surface area contributed by atoms with Crippen molar-refractivity contribution in [3.05, 3.63) is 98.6 Å². The van der Waals surface area contributed by atoms with Crippen LogP contribution in [-0.2, 0) is 11.3 Å². The summed E-state index contributed by atoms with van der Waals surface area (Å²) < 4.78 is 5.31. The van der Waals surface area contributed by atoms with Gasteiger partial charge < -0.3 is 26.2 Å². The van der Waals surface area contributed by atoms with Gasteiger partial charge in [-0.25, -0.2) is 5.53 Å². The van der Waals surface area contributed by atoms with Crippen LogP contribution in [-0.4, -0.2) is 30.1 Å². The van der Waals surface area contributed by atoms with Crippen molar-refractivity contribution >= 4 is 40.8 Å². The topological polar surface area (TPSA) is 192 Å². The van der Waals surface area contributed by atoms with Gasteiger partial charge in [0.25, 0.3) is 11.8 Å². The van der Waals surface area contributed by atoms with Crippen LogP contribution in [0.15, 0.2) is 80.1 Å². The third-order valence-corrected chi connectivity index (χ3v) is 5.10. The summed E-state index contributed by atoms with van der Waals surface area (Å²) in [6, 6.07) is 15.2. The summed E-state index contributed by atoms with van der Waals surface area (Å²) >= 11 is 5.84. The highest BCUT2D eigenvalue weighted by Crippen LogP contribution is 2.13. The molecule has 0 saturated heterocycles. The lowest BCUT2D eigenvalue weighted by atomic mass is 10.2. The van der Waals surface area contributed by atoms with Crippen molar-refractivity contribution in [3.63, 3.8) is 0 Å². The fourth-order valence-electron chi connectivity index (χ4n) is 3.08. The highest BCUT2D eigenvalue weighted by atomic mass is 35.5. The lowest BCUT2D eigenvalue weighted by Crippen LogP contribution is -2.29. The Labute approximate surface area is 215 Å². The van der Waals surface area contributed by atoms with Gasteiger partial charge in [-0.05, 0) is 29.8 Å². The number of nitrogens with zero attached hydrogens (tertiary/aromatic N) is 2. The molecule has 2 aromatic carbocycles. The fourth-order valence-corrected chi connectivity index (χ4v) is 3.20. The van der Waals surface area contributed by atoms with E-state index in [1.165, 1.54) is 0 Å². The number of halogens is 1. The summed E-state index contributed by atoms with van der Waals surface area (Å²) in [5.41, 5.74) is 8.10. The molecule has 37 heavy (non-hydrogen) atoms. The van der Waals surface area contributed by atoms with Crippen LogP contribution in [0.5, 0.6) is 0 Å². The molecule has 0 unspecified atom stereocenters. The quantitative estimate of drug-likeness (QED) is 0.0940. The molecule has 1 aromatic heterocycles. The van der Waals surface area contributed by atoms with Gasteiger partial charge in [0, 0.05) is 47.9 Å². The van der Waals surface area contributed by atoms with Crippen LogP contribution in [0.2, 0.25) is 5.02 Å². The number of anilines is 1. The molecule has 0 aliphatic heterocycles. The second-order valence-electron chi connectivity index (χ2n) is 7.53. The second-order valence-corrected chi connectivity index (χ2v) is 7.97. The summed E-state index contributed by atoms with van der Waals surface area (Å²) in [4.78, 5) is 49.1. The van der Waals surface area contributed by atoms with Gasteiger partial charge in [0.05, 0.1) is 0 Å². The number of hydrogen-bond acceptors (Lipinski definition) is 8. The highest BCUT2D eigenvalue weighted by molar-refractivity contribution is 6.30. The first-order chi connectivity index (χ1) is 17.8. The smallest absolute Gasteiger partial charge is 0.287 e. The number of benzene rings is 2. The number of nitrogens with two attached hydrogens (primary N) is 1. The molecule has 6 N–H and O–H groups in total. The summed E-state index contributed by atoms with van der Waals surface area (Å²) in [5.74, 6) is 2.62. The van der Waals surface area contributed by atoms with E-state index >= 15 is 0 Å². The van der Waals surface area contributed by atoms with E-state index in [0.29, 0.717) is 16.3 Å². The Morgan fingerprint density at radius 2 is 1.65 bits per heavy atom. The number of amides is 3. The molecule has 3 aromatic rings. The summed E-state index contributed by atoms with van der Waals surface area (Å²) in [6.45, 7) is 0.0883. The predicted octanol–water partition coefficient (Wildman–Crippen LogP) is 2.63. The number of amidine groups is 1. The van der Waals surface area contributed by atoms with Crippen molar-refractivity contribution in [1.82, 2.24) is 10.6 Å². The molecule has 0 bridgehead atoms. The number of carbonyl (C=O) groups excluding carboxylic acids is 3. The van der Waals surface area contributed by atoms with Gasteiger partial charge >= 0.3 is 0 Å². The van der Waals surface area contributed by atoms with Crippen LogP contribution in [0, 0.1) is 5.53 Å². The molecule has 0 spiro atoms. The molecule has 13 heteroatoms. The van der Waals surface area contributed by atoms with Gasteiger partial charge in [-0.1, -0.05) is 35.9 Å². The Balaban J connectivity index is 1.54. The molecule has 0 radical (unpaired) electrons. The number of hydrogen-bond donors (Lipinski definition) is 5. The maximum absolute atomic E-state index is 12.4. The molecule has 190 valence electrons. The first-order valence-corrected chi connectivity index (χ1v) is 11.2. The molecule has 1 heterocycles. The normalized spacial score (nSPS) is 10.9. The number of hydrazone groups is 1. The zero-order chi connectivity index (χ0) is 26.8. The molecular weight excluding hydrogens is 502 g/mol. The molecular formula is C24H22ClN7O5. The van der Waals surface area contributed by atoms with Crippen molar-refractivity contribution in [1.29, 1.82) is 5.53 Å². The number of rotatable bonds is 9. The Bertz CT molecular complexity index is 1400. The van der Waals surface area contributed by atoms with E-state index in [-0.39, 0.29) is 36.9 Å². The Hall–Kier alpha value is -4.84. The van der Waals surface area contributed by atoms with Crippen molar-refractivity contribution in [3.8, 4) is 0 Å². The second kappa shape index (κ2) is 12.7. The fraction of sp³-hybridized carbons (Fsp3) is 0.125. The largest absolute Gasteiger partial charge is 0.445 e. The monoisotopic (exact) mass is 523 g/mol. The van der Waals surface area contributed by atoms with Crippen molar-refractivity contribution in [2.75, 3.05) is 11.9 Å². The minimum absolute atomic E-state index is 0.00857. The summed E-state index contributed by atoms with van der Waals surface area (Å²) in [5, 5.41) is 14.8. The van der Waals surface area contributed by atoms with Gasteiger partial charge in [-0.3, -0.25) is 19.2 Å². The van der Waals surface area contributed by atoms with E-state index in [1.54, 1.807) is 48.5 Å². The van der Waals surface area contributed by atoms with Gasteiger partial charge in [-0.15, -0.1) is 5.11 Å². The Kier molecular flexibility index (Phi) is 9.22. The number of nitrogens with one attached hydrogen (secondary N) is 4.